The SMILES string of the molecule is Nc1ccc(NS(=O)(=O)c2cc(Br)ccc2Br)cc1. The molecule has 0 aliphatic rings. The Morgan fingerprint density at radius 1 is 1.00 bits per heavy atom. The zero-order valence-corrected chi connectivity index (χ0v) is 13.6. The van der Waals surface area contributed by atoms with Gasteiger partial charge in [0.05, 0.1) is 0 Å². The summed E-state index contributed by atoms with van der Waals surface area (Å²) in [7, 11) is -3.65. The van der Waals surface area contributed by atoms with Crippen LogP contribution in [0.4, 0.5) is 11.4 Å². The highest BCUT2D eigenvalue weighted by molar-refractivity contribution is 9.11. The van der Waals surface area contributed by atoms with Gasteiger partial charge < -0.3 is 5.73 Å². The number of nitrogen functional groups attached to an aromatic ring is 1. The van der Waals surface area contributed by atoms with Gasteiger partial charge in [-0.25, -0.2) is 8.42 Å². The summed E-state index contributed by atoms with van der Waals surface area (Å²) in [4.78, 5) is 0.165. The maximum absolute atomic E-state index is 12.3. The van der Waals surface area contributed by atoms with Crippen molar-refractivity contribution < 1.29 is 8.42 Å². The van der Waals surface area contributed by atoms with E-state index in [1.54, 1.807) is 36.4 Å². The normalized spacial score (nSPS) is 11.3. The molecule has 0 atom stereocenters. The lowest BCUT2D eigenvalue weighted by Gasteiger charge is -2.10. The van der Waals surface area contributed by atoms with Crippen LogP contribution < -0.4 is 10.5 Å². The van der Waals surface area contributed by atoms with Crippen molar-refractivity contribution in [2.24, 2.45) is 0 Å². The molecule has 2 aromatic carbocycles. The predicted octanol–water partition coefficient (Wildman–Crippen LogP) is 3.59. The molecule has 0 aromatic heterocycles. The number of sulfonamides is 1. The first-order chi connectivity index (χ1) is 8.88. The van der Waals surface area contributed by atoms with Gasteiger partial charge in [-0.1, -0.05) is 15.9 Å². The lowest BCUT2D eigenvalue weighted by atomic mass is 10.3. The molecule has 0 saturated carbocycles. The average molecular weight is 406 g/mol. The molecular formula is C12H10Br2N2O2S. The molecule has 0 fully saturated rings. The third-order valence-electron chi connectivity index (χ3n) is 2.35. The summed E-state index contributed by atoms with van der Waals surface area (Å²) in [6.07, 6.45) is 0. The van der Waals surface area contributed by atoms with Crippen LogP contribution in [0.2, 0.25) is 0 Å². The van der Waals surface area contributed by atoms with E-state index in [9.17, 15) is 8.42 Å². The highest BCUT2D eigenvalue weighted by Crippen LogP contribution is 2.27. The number of hydrogen-bond donors (Lipinski definition) is 2. The van der Waals surface area contributed by atoms with Gasteiger partial charge in [0.1, 0.15) is 4.90 Å². The maximum Gasteiger partial charge on any atom is 0.263 e. The van der Waals surface area contributed by atoms with Gasteiger partial charge in [0.2, 0.25) is 0 Å². The molecule has 4 nitrogen and oxygen atoms in total. The van der Waals surface area contributed by atoms with Crippen molar-refractivity contribution in [1.29, 1.82) is 0 Å². The Labute approximate surface area is 128 Å². The molecule has 0 saturated heterocycles. The molecule has 0 bridgehead atoms. The minimum atomic E-state index is -3.65. The van der Waals surface area contributed by atoms with Gasteiger partial charge in [0.25, 0.3) is 10.0 Å². The Morgan fingerprint density at radius 3 is 2.26 bits per heavy atom. The summed E-state index contributed by atoms with van der Waals surface area (Å²) >= 11 is 6.49. The van der Waals surface area contributed by atoms with Crippen molar-refractivity contribution in [2.75, 3.05) is 10.5 Å². The first-order valence-electron chi connectivity index (χ1n) is 5.22. The summed E-state index contributed by atoms with van der Waals surface area (Å²) in [6, 6.07) is 11.4. The molecule has 3 N–H and O–H groups in total. The molecule has 2 aromatic rings. The van der Waals surface area contributed by atoms with Crippen LogP contribution in [0.1, 0.15) is 0 Å². The number of hydrogen-bond acceptors (Lipinski definition) is 3. The highest BCUT2D eigenvalue weighted by Gasteiger charge is 2.18. The summed E-state index contributed by atoms with van der Waals surface area (Å²) in [5, 5.41) is 0. The van der Waals surface area contributed by atoms with Gasteiger partial charge in [-0.15, -0.1) is 0 Å². The Morgan fingerprint density at radius 2 is 1.63 bits per heavy atom. The smallest absolute Gasteiger partial charge is 0.263 e. The van der Waals surface area contributed by atoms with Crippen molar-refractivity contribution in [3.8, 4) is 0 Å². The topological polar surface area (TPSA) is 72.2 Å². The molecule has 0 aliphatic carbocycles. The van der Waals surface area contributed by atoms with Crippen LogP contribution in [-0.2, 0) is 10.0 Å². The fraction of sp³-hybridized carbons (Fsp3) is 0. The van der Waals surface area contributed by atoms with E-state index in [0.717, 1.165) is 0 Å². The van der Waals surface area contributed by atoms with Gasteiger partial charge >= 0.3 is 0 Å². The van der Waals surface area contributed by atoms with E-state index in [1.807, 2.05) is 0 Å². The molecule has 0 radical (unpaired) electrons. The summed E-state index contributed by atoms with van der Waals surface area (Å²) in [6.45, 7) is 0. The molecule has 0 unspecified atom stereocenters. The van der Waals surface area contributed by atoms with Gasteiger partial charge in [0.15, 0.2) is 0 Å². The number of nitrogens with two attached hydrogens (primary N) is 1. The second kappa shape index (κ2) is 5.52. The molecule has 0 heterocycles. The second-order valence-corrected chi connectivity index (χ2v) is 7.22. The third kappa shape index (κ3) is 3.49. The van der Waals surface area contributed by atoms with Gasteiger partial charge in [0, 0.05) is 20.3 Å². The van der Waals surface area contributed by atoms with Crippen molar-refractivity contribution in [2.45, 2.75) is 4.90 Å². The quantitative estimate of drug-likeness (QED) is 0.766. The van der Waals surface area contributed by atoms with Crippen LogP contribution in [-0.4, -0.2) is 8.42 Å². The van der Waals surface area contributed by atoms with Crippen LogP contribution in [0.25, 0.3) is 0 Å². The van der Waals surface area contributed by atoms with Crippen molar-refractivity contribution in [3.63, 3.8) is 0 Å². The Hall–Kier alpha value is -1.05. The van der Waals surface area contributed by atoms with E-state index in [2.05, 4.69) is 36.6 Å². The number of halogens is 2. The maximum atomic E-state index is 12.3. The molecule has 19 heavy (non-hydrogen) atoms. The molecule has 100 valence electrons. The van der Waals surface area contributed by atoms with Gasteiger partial charge in [-0.3, -0.25) is 4.72 Å². The Balaban J connectivity index is 2.37. The van der Waals surface area contributed by atoms with Crippen molar-refractivity contribution in [1.82, 2.24) is 0 Å². The minimum absolute atomic E-state index is 0.165. The predicted molar refractivity (Wildman–Crippen MR) is 83.5 cm³/mol. The summed E-state index contributed by atoms with van der Waals surface area (Å²) < 4.78 is 28.2. The van der Waals surface area contributed by atoms with Crippen LogP contribution in [0.3, 0.4) is 0 Å². The summed E-state index contributed by atoms with van der Waals surface area (Å²) in [5.41, 5.74) is 6.59. The van der Waals surface area contributed by atoms with Gasteiger partial charge in [-0.2, -0.15) is 0 Å². The standard InChI is InChI=1S/C12H10Br2N2O2S/c13-8-1-6-11(14)12(7-8)19(17,18)16-10-4-2-9(15)3-5-10/h1-7,16H,15H2. The van der Waals surface area contributed by atoms with Crippen LogP contribution in [0.5, 0.6) is 0 Å². The number of benzene rings is 2. The van der Waals surface area contributed by atoms with E-state index in [1.165, 1.54) is 6.07 Å². The van der Waals surface area contributed by atoms with E-state index >= 15 is 0 Å². The molecule has 0 amide bonds. The lowest BCUT2D eigenvalue weighted by molar-refractivity contribution is 0.600. The first-order valence-corrected chi connectivity index (χ1v) is 8.29. The summed E-state index contributed by atoms with van der Waals surface area (Å²) in [5.74, 6) is 0. The third-order valence-corrected chi connectivity index (χ3v) is 5.21. The Kier molecular flexibility index (Phi) is 4.17. The average Bonchev–Trinajstić information content (AvgIpc) is 2.35. The number of anilines is 2. The Bertz CT molecular complexity index is 700. The number of nitrogens with one attached hydrogen (secondary N) is 1. The first kappa shape index (κ1) is 14.4. The van der Waals surface area contributed by atoms with E-state index in [-0.39, 0.29) is 4.90 Å². The molecule has 2 rings (SSSR count). The van der Waals surface area contributed by atoms with Crippen molar-refractivity contribution in [3.05, 3.63) is 51.4 Å². The van der Waals surface area contributed by atoms with E-state index < -0.39 is 10.0 Å². The van der Waals surface area contributed by atoms with Crippen LogP contribution in [0, 0.1) is 0 Å². The minimum Gasteiger partial charge on any atom is -0.399 e. The zero-order chi connectivity index (χ0) is 14.0. The fourth-order valence-corrected chi connectivity index (χ4v) is 4.01. The molecule has 0 aliphatic heterocycles. The monoisotopic (exact) mass is 404 g/mol. The van der Waals surface area contributed by atoms with E-state index in [4.69, 9.17) is 5.73 Å². The van der Waals surface area contributed by atoms with Crippen LogP contribution >= 0.6 is 31.9 Å². The molecule has 7 heteroatoms. The highest BCUT2D eigenvalue weighted by atomic mass is 79.9. The van der Waals surface area contributed by atoms with E-state index in [0.29, 0.717) is 20.3 Å². The zero-order valence-electron chi connectivity index (χ0n) is 9.60. The molecule has 0 spiro atoms. The molecular weight excluding hydrogens is 396 g/mol. The second-order valence-electron chi connectivity index (χ2n) is 3.80. The number of rotatable bonds is 3. The van der Waals surface area contributed by atoms with Gasteiger partial charge in [-0.05, 0) is 58.4 Å². The fourth-order valence-electron chi connectivity index (χ4n) is 1.44. The lowest BCUT2D eigenvalue weighted by Crippen LogP contribution is -2.13. The largest absolute Gasteiger partial charge is 0.399 e. The van der Waals surface area contributed by atoms with Crippen molar-refractivity contribution >= 4 is 53.3 Å². The van der Waals surface area contributed by atoms with Crippen LogP contribution in [0.15, 0.2) is 56.3 Å².